The highest BCUT2D eigenvalue weighted by Gasteiger charge is 2.35. The van der Waals surface area contributed by atoms with Crippen molar-refractivity contribution in [1.29, 1.82) is 0 Å². The minimum atomic E-state index is -4.58. The van der Waals surface area contributed by atoms with Crippen molar-refractivity contribution < 1.29 is 13.2 Å². The Hall–Kier alpha value is -1.05. The Morgan fingerprint density at radius 3 is 2.24 bits per heavy atom. The second-order valence-electron chi connectivity index (χ2n) is 5.59. The topological polar surface area (TPSA) is 30.7 Å². The van der Waals surface area contributed by atoms with Gasteiger partial charge in [-0.2, -0.15) is 13.2 Å². The molecule has 1 heterocycles. The molecule has 0 amide bonds. The average Bonchev–Trinajstić information content (AvgIpc) is 2.80. The Kier molecular flexibility index (Phi) is 4.12. The standard InChI is InChI=1S/C12H12Cl2F3N3Si/c1-21(2,3)10-6-20(19-18-10)7-4-8(12(15,16)17)11(14)9(13)5-7/h4-6H,1-3H3. The Morgan fingerprint density at radius 2 is 1.76 bits per heavy atom. The molecule has 0 aliphatic heterocycles. The van der Waals surface area contributed by atoms with Gasteiger partial charge in [-0.3, -0.25) is 0 Å². The number of aromatic nitrogens is 3. The maximum Gasteiger partial charge on any atom is 0.417 e. The molecule has 2 rings (SSSR count). The Morgan fingerprint density at radius 1 is 1.14 bits per heavy atom. The van der Waals surface area contributed by atoms with Crippen LogP contribution in [0, 0.1) is 0 Å². The van der Waals surface area contributed by atoms with E-state index in [1.807, 2.05) is 0 Å². The number of hydrogen-bond acceptors (Lipinski definition) is 2. The SMILES string of the molecule is C[Si](C)(C)c1cn(-c2cc(Cl)c(Cl)c(C(F)(F)F)c2)nn1. The van der Waals surface area contributed by atoms with E-state index in [0.717, 1.165) is 11.4 Å². The van der Waals surface area contributed by atoms with Crippen molar-refractivity contribution in [3.63, 3.8) is 0 Å². The van der Waals surface area contributed by atoms with Crippen LogP contribution in [0.4, 0.5) is 13.2 Å². The third kappa shape index (κ3) is 3.41. The van der Waals surface area contributed by atoms with Crippen LogP contribution in [0.5, 0.6) is 0 Å². The minimum absolute atomic E-state index is 0.174. The second kappa shape index (κ2) is 5.30. The molecule has 0 aliphatic rings. The monoisotopic (exact) mass is 353 g/mol. The average molecular weight is 354 g/mol. The molecule has 0 atom stereocenters. The summed E-state index contributed by atoms with van der Waals surface area (Å²) in [4.78, 5) is 0. The van der Waals surface area contributed by atoms with Gasteiger partial charge in [0.1, 0.15) is 8.07 Å². The van der Waals surface area contributed by atoms with E-state index >= 15 is 0 Å². The van der Waals surface area contributed by atoms with E-state index < -0.39 is 24.8 Å². The molecule has 0 spiro atoms. The number of rotatable bonds is 2. The number of benzene rings is 1. The zero-order valence-electron chi connectivity index (χ0n) is 11.5. The van der Waals surface area contributed by atoms with Crippen LogP contribution in [0.2, 0.25) is 29.7 Å². The number of alkyl halides is 3. The fourth-order valence-electron chi connectivity index (χ4n) is 1.65. The summed E-state index contributed by atoms with van der Waals surface area (Å²) >= 11 is 11.4. The molecular formula is C12H12Cl2F3N3Si. The first-order valence-corrected chi connectivity index (χ1v) is 10.2. The van der Waals surface area contributed by atoms with E-state index in [0.29, 0.717) is 0 Å². The van der Waals surface area contributed by atoms with Gasteiger partial charge in [-0.05, 0) is 12.1 Å². The van der Waals surface area contributed by atoms with Crippen LogP contribution in [0.25, 0.3) is 5.69 Å². The number of halogens is 5. The first kappa shape index (κ1) is 16.3. The largest absolute Gasteiger partial charge is 0.417 e. The molecule has 0 N–H and O–H groups in total. The third-order valence-electron chi connectivity index (χ3n) is 2.84. The van der Waals surface area contributed by atoms with Crippen LogP contribution in [-0.2, 0) is 6.18 Å². The fourth-order valence-corrected chi connectivity index (χ4v) is 2.93. The molecular weight excluding hydrogens is 342 g/mol. The predicted octanol–water partition coefficient (Wildman–Crippen LogP) is 4.14. The van der Waals surface area contributed by atoms with Crippen molar-refractivity contribution in [2.75, 3.05) is 0 Å². The lowest BCUT2D eigenvalue weighted by atomic mass is 10.2. The lowest BCUT2D eigenvalue weighted by molar-refractivity contribution is -0.137. The van der Waals surface area contributed by atoms with Gasteiger partial charge in [0.05, 0.1) is 26.6 Å². The van der Waals surface area contributed by atoms with Crippen molar-refractivity contribution in [3.8, 4) is 5.69 Å². The van der Waals surface area contributed by atoms with E-state index in [4.69, 9.17) is 23.2 Å². The quantitative estimate of drug-likeness (QED) is 0.759. The van der Waals surface area contributed by atoms with Crippen molar-refractivity contribution in [3.05, 3.63) is 33.9 Å². The maximum absolute atomic E-state index is 12.9. The molecule has 1 aromatic heterocycles. The van der Waals surface area contributed by atoms with Crippen LogP contribution in [-0.4, -0.2) is 23.1 Å². The smallest absolute Gasteiger partial charge is 0.221 e. The molecule has 1 aromatic carbocycles. The summed E-state index contributed by atoms with van der Waals surface area (Å²) in [6.07, 6.45) is -2.95. The molecule has 0 saturated heterocycles. The highest BCUT2D eigenvalue weighted by molar-refractivity contribution is 6.88. The van der Waals surface area contributed by atoms with Crippen LogP contribution in [0.3, 0.4) is 0 Å². The normalized spacial score (nSPS) is 12.8. The van der Waals surface area contributed by atoms with Gasteiger partial charge >= 0.3 is 6.18 Å². The Balaban J connectivity index is 2.55. The highest BCUT2D eigenvalue weighted by Crippen LogP contribution is 2.39. The molecule has 0 bridgehead atoms. The van der Waals surface area contributed by atoms with Gasteiger partial charge in [0.25, 0.3) is 0 Å². The number of nitrogens with zero attached hydrogens (tertiary/aromatic N) is 3. The third-order valence-corrected chi connectivity index (χ3v) is 5.41. The van der Waals surface area contributed by atoms with Crippen molar-refractivity contribution >= 4 is 36.6 Å². The van der Waals surface area contributed by atoms with Crippen molar-refractivity contribution in [1.82, 2.24) is 15.0 Å². The van der Waals surface area contributed by atoms with Crippen LogP contribution < -0.4 is 5.32 Å². The molecule has 0 unspecified atom stereocenters. The van der Waals surface area contributed by atoms with Gasteiger partial charge in [-0.25, -0.2) is 4.68 Å². The fraction of sp³-hybridized carbons (Fsp3) is 0.333. The lowest BCUT2D eigenvalue weighted by Gasteiger charge is -2.12. The number of hydrogen-bond donors (Lipinski definition) is 0. The van der Waals surface area contributed by atoms with Crippen LogP contribution in [0.15, 0.2) is 18.3 Å². The van der Waals surface area contributed by atoms with Gasteiger partial charge in [-0.15, -0.1) is 5.10 Å². The Labute approximate surface area is 130 Å². The first-order chi connectivity index (χ1) is 9.50. The predicted molar refractivity (Wildman–Crippen MR) is 79.4 cm³/mol. The second-order valence-corrected chi connectivity index (χ2v) is 11.4. The zero-order chi connectivity index (χ0) is 16.0. The van der Waals surface area contributed by atoms with E-state index in [2.05, 4.69) is 30.0 Å². The molecule has 0 radical (unpaired) electrons. The van der Waals surface area contributed by atoms with E-state index in [9.17, 15) is 13.2 Å². The van der Waals surface area contributed by atoms with Gasteiger partial charge < -0.3 is 0 Å². The van der Waals surface area contributed by atoms with Crippen LogP contribution >= 0.6 is 23.2 Å². The minimum Gasteiger partial charge on any atom is -0.221 e. The highest BCUT2D eigenvalue weighted by atomic mass is 35.5. The van der Waals surface area contributed by atoms with Gasteiger partial charge in [0.2, 0.25) is 0 Å². The molecule has 0 aliphatic carbocycles. The summed E-state index contributed by atoms with van der Waals surface area (Å²) in [6, 6.07) is 2.25. The molecule has 21 heavy (non-hydrogen) atoms. The molecule has 0 fully saturated rings. The summed E-state index contributed by atoms with van der Waals surface area (Å²) < 4.78 is 40.1. The van der Waals surface area contributed by atoms with Gasteiger partial charge in [-0.1, -0.05) is 48.1 Å². The molecule has 2 aromatic rings. The Bertz CT molecular complexity index is 677. The summed E-state index contributed by atoms with van der Waals surface area (Å²) in [5.41, 5.74) is -0.814. The van der Waals surface area contributed by atoms with Crippen molar-refractivity contribution in [2.45, 2.75) is 25.8 Å². The molecule has 9 heteroatoms. The summed E-state index contributed by atoms with van der Waals surface area (Å²) in [7, 11) is -1.70. The molecule has 3 nitrogen and oxygen atoms in total. The van der Waals surface area contributed by atoms with E-state index in [1.165, 1.54) is 10.7 Å². The van der Waals surface area contributed by atoms with E-state index in [-0.39, 0.29) is 10.7 Å². The summed E-state index contributed by atoms with van der Waals surface area (Å²) in [5.74, 6) is 0. The van der Waals surface area contributed by atoms with Gasteiger partial charge in [0, 0.05) is 6.20 Å². The molecule has 114 valence electrons. The van der Waals surface area contributed by atoms with Crippen LogP contribution in [0.1, 0.15) is 5.56 Å². The van der Waals surface area contributed by atoms with Gasteiger partial charge in [0.15, 0.2) is 0 Å². The lowest BCUT2D eigenvalue weighted by Crippen LogP contribution is -2.38. The summed E-state index contributed by atoms with van der Waals surface area (Å²) in [6.45, 7) is 6.20. The molecule has 0 saturated carbocycles. The van der Waals surface area contributed by atoms with Crippen molar-refractivity contribution in [2.24, 2.45) is 0 Å². The first-order valence-electron chi connectivity index (χ1n) is 5.99. The maximum atomic E-state index is 12.9. The zero-order valence-corrected chi connectivity index (χ0v) is 14.0. The van der Waals surface area contributed by atoms with E-state index in [1.54, 1.807) is 6.20 Å². The summed E-state index contributed by atoms with van der Waals surface area (Å²) in [5, 5.41) is 8.01.